The molecule has 4 heteroatoms. The van der Waals surface area contributed by atoms with Gasteiger partial charge in [-0.1, -0.05) is 18.2 Å². The highest BCUT2D eigenvalue weighted by molar-refractivity contribution is 7.99. The van der Waals surface area contributed by atoms with E-state index in [2.05, 4.69) is 17.4 Å². The van der Waals surface area contributed by atoms with E-state index in [-0.39, 0.29) is 5.82 Å². The molecule has 0 aromatic heterocycles. The summed E-state index contributed by atoms with van der Waals surface area (Å²) in [6.45, 7) is 3.09. The Morgan fingerprint density at radius 2 is 1.95 bits per heavy atom. The second-order valence-corrected chi connectivity index (χ2v) is 5.33. The van der Waals surface area contributed by atoms with Gasteiger partial charge in [0.2, 0.25) is 0 Å². The van der Waals surface area contributed by atoms with Crippen LogP contribution in [0, 0.1) is 5.82 Å². The molecule has 2 aromatic carbocycles. The molecule has 0 spiro atoms. The largest absolute Gasteiger partial charge is 0.491 e. The van der Waals surface area contributed by atoms with Crippen molar-refractivity contribution in [3.05, 3.63) is 54.3 Å². The van der Waals surface area contributed by atoms with Gasteiger partial charge in [-0.15, -0.1) is 11.8 Å². The quantitative estimate of drug-likeness (QED) is 0.602. The zero-order chi connectivity index (χ0) is 14.2. The highest BCUT2D eigenvalue weighted by Crippen LogP contribution is 2.21. The maximum atomic E-state index is 13.6. The van der Waals surface area contributed by atoms with E-state index < -0.39 is 0 Å². The molecule has 0 aliphatic carbocycles. The van der Waals surface area contributed by atoms with Crippen LogP contribution in [0.1, 0.15) is 6.92 Å². The monoisotopic (exact) mass is 291 g/mol. The van der Waals surface area contributed by atoms with Gasteiger partial charge in [0, 0.05) is 28.9 Å². The topological polar surface area (TPSA) is 21.3 Å². The molecule has 2 aromatic rings. The summed E-state index contributed by atoms with van der Waals surface area (Å²) >= 11 is 1.77. The Morgan fingerprint density at radius 3 is 2.65 bits per heavy atom. The molecular formula is C16H18FNOS. The number of anilines is 1. The van der Waals surface area contributed by atoms with Crippen LogP contribution in [-0.4, -0.2) is 18.9 Å². The molecule has 20 heavy (non-hydrogen) atoms. The predicted molar refractivity (Wildman–Crippen MR) is 83.2 cm³/mol. The average Bonchev–Trinajstić information content (AvgIpc) is 2.48. The van der Waals surface area contributed by atoms with Gasteiger partial charge in [0.15, 0.2) is 11.6 Å². The fraction of sp³-hybridized carbons (Fsp3) is 0.250. The fourth-order valence-corrected chi connectivity index (χ4v) is 2.55. The minimum Gasteiger partial charge on any atom is -0.491 e. The number of hydrogen-bond acceptors (Lipinski definition) is 3. The Balaban J connectivity index is 1.78. The van der Waals surface area contributed by atoms with E-state index in [1.165, 1.54) is 11.0 Å². The van der Waals surface area contributed by atoms with E-state index in [4.69, 9.17) is 4.74 Å². The van der Waals surface area contributed by atoms with Crippen molar-refractivity contribution in [3.63, 3.8) is 0 Å². The van der Waals surface area contributed by atoms with E-state index >= 15 is 0 Å². The smallest absolute Gasteiger partial charge is 0.167 e. The number of hydrogen-bond donors (Lipinski definition) is 1. The number of thioether (sulfide) groups is 1. The lowest BCUT2D eigenvalue weighted by Crippen LogP contribution is -2.04. The number of ether oxygens (including phenoxy) is 1. The van der Waals surface area contributed by atoms with Gasteiger partial charge in [0.25, 0.3) is 0 Å². The molecule has 0 radical (unpaired) electrons. The number of benzene rings is 2. The second-order valence-electron chi connectivity index (χ2n) is 4.17. The van der Waals surface area contributed by atoms with Crippen molar-refractivity contribution >= 4 is 17.4 Å². The summed E-state index contributed by atoms with van der Waals surface area (Å²) < 4.78 is 18.8. The maximum Gasteiger partial charge on any atom is 0.167 e. The number of rotatable bonds is 7. The minimum atomic E-state index is -0.326. The number of halogens is 1. The highest BCUT2D eigenvalue weighted by Gasteiger charge is 2.03. The molecule has 2 nitrogen and oxygen atoms in total. The van der Waals surface area contributed by atoms with Gasteiger partial charge >= 0.3 is 0 Å². The summed E-state index contributed by atoms with van der Waals surface area (Å²) in [5.41, 5.74) is 0.777. The standard InChI is InChI=1S/C16H18FNOS/c1-2-19-16-9-8-13(12-15(16)17)18-10-11-20-14-6-4-3-5-7-14/h3-9,12,18H,2,10-11H2,1H3. The van der Waals surface area contributed by atoms with Crippen LogP contribution in [0.2, 0.25) is 0 Å². The first-order valence-corrected chi connectivity index (χ1v) is 7.62. The molecule has 0 aliphatic heterocycles. The highest BCUT2D eigenvalue weighted by atomic mass is 32.2. The Morgan fingerprint density at radius 1 is 1.15 bits per heavy atom. The van der Waals surface area contributed by atoms with Gasteiger partial charge in [-0.3, -0.25) is 0 Å². The fourth-order valence-electron chi connectivity index (χ4n) is 1.76. The summed E-state index contributed by atoms with van der Waals surface area (Å²) in [5, 5.41) is 3.21. The summed E-state index contributed by atoms with van der Waals surface area (Å²) in [6.07, 6.45) is 0. The lowest BCUT2D eigenvalue weighted by molar-refractivity contribution is 0.321. The van der Waals surface area contributed by atoms with Crippen LogP contribution >= 0.6 is 11.8 Å². The van der Waals surface area contributed by atoms with Crippen molar-refractivity contribution in [2.24, 2.45) is 0 Å². The summed E-state index contributed by atoms with van der Waals surface area (Å²) in [4.78, 5) is 1.24. The lowest BCUT2D eigenvalue weighted by atomic mass is 10.3. The van der Waals surface area contributed by atoms with Crippen molar-refractivity contribution in [1.29, 1.82) is 0 Å². The van der Waals surface area contributed by atoms with Gasteiger partial charge in [-0.25, -0.2) is 4.39 Å². The van der Waals surface area contributed by atoms with Crippen LogP contribution in [0.4, 0.5) is 10.1 Å². The molecule has 0 aliphatic rings. The average molecular weight is 291 g/mol. The molecule has 0 bridgehead atoms. The third-order valence-electron chi connectivity index (χ3n) is 2.67. The third kappa shape index (κ3) is 4.46. The Kier molecular flexibility index (Phi) is 5.74. The van der Waals surface area contributed by atoms with E-state index in [0.29, 0.717) is 12.4 Å². The molecule has 1 N–H and O–H groups in total. The normalized spacial score (nSPS) is 10.3. The Bertz CT molecular complexity index is 533. The van der Waals surface area contributed by atoms with Crippen molar-refractivity contribution in [2.45, 2.75) is 11.8 Å². The van der Waals surface area contributed by atoms with Crippen molar-refractivity contribution < 1.29 is 9.13 Å². The van der Waals surface area contributed by atoms with Crippen molar-refractivity contribution in [2.75, 3.05) is 24.2 Å². The van der Waals surface area contributed by atoms with Gasteiger partial charge in [0.05, 0.1) is 6.61 Å². The molecule has 2 rings (SSSR count). The molecule has 106 valence electrons. The van der Waals surface area contributed by atoms with Gasteiger partial charge < -0.3 is 10.1 Å². The molecule has 0 unspecified atom stereocenters. The van der Waals surface area contributed by atoms with E-state index in [1.807, 2.05) is 31.2 Å². The molecule has 0 fully saturated rings. The third-order valence-corrected chi connectivity index (χ3v) is 3.69. The van der Waals surface area contributed by atoms with Crippen LogP contribution in [0.3, 0.4) is 0 Å². The van der Waals surface area contributed by atoms with Crippen molar-refractivity contribution in [3.8, 4) is 5.75 Å². The van der Waals surface area contributed by atoms with Crippen LogP contribution in [0.15, 0.2) is 53.4 Å². The van der Waals surface area contributed by atoms with Crippen LogP contribution in [-0.2, 0) is 0 Å². The molecule has 0 saturated heterocycles. The second kappa shape index (κ2) is 7.80. The van der Waals surface area contributed by atoms with Crippen LogP contribution in [0.25, 0.3) is 0 Å². The van der Waals surface area contributed by atoms with Crippen LogP contribution < -0.4 is 10.1 Å². The lowest BCUT2D eigenvalue weighted by Gasteiger charge is -2.09. The van der Waals surface area contributed by atoms with Gasteiger partial charge in [0.1, 0.15) is 0 Å². The SMILES string of the molecule is CCOc1ccc(NCCSc2ccccc2)cc1F. The van der Waals surface area contributed by atoms with E-state index in [0.717, 1.165) is 18.0 Å². The molecule has 0 saturated carbocycles. The summed E-state index contributed by atoms with van der Waals surface area (Å²) in [6, 6.07) is 15.2. The Hall–Kier alpha value is -1.68. The molecular weight excluding hydrogens is 273 g/mol. The number of nitrogens with one attached hydrogen (secondary N) is 1. The first-order chi connectivity index (χ1) is 9.79. The van der Waals surface area contributed by atoms with Gasteiger partial charge in [-0.2, -0.15) is 0 Å². The maximum absolute atomic E-state index is 13.6. The zero-order valence-electron chi connectivity index (χ0n) is 11.4. The van der Waals surface area contributed by atoms with Crippen molar-refractivity contribution in [1.82, 2.24) is 0 Å². The summed E-state index contributed by atoms with van der Waals surface area (Å²) in [7, 11) is 0. The van der Waals surface area contributed by atoms with E-state index in [9.17, 15) is 4.39 Å². The molecule has 0 heterocycles. The van der Waals surface area contributed by atoms with E-state index in [1.54, 1.807) is 17.8 Å². The summed E-state index contributed by atoms with van der Waals surface area (Å²) in [5.74, 6) is 0.906. The van der Waals surface area contributed by atoms with Crippen LogP contribution in [0.5, 0.6) is 5.75 Å². The first-order valence-electron chi connectivity index (χ1n) is 6.63. The predicted octanol–water partition coefficient (Wildman–Crippen LogP) is 4.43. The van der Waals surface area contributed by atoms with Gasteiger partial charge in [-0.05, 0) is 31.2 Å². The molecule has 0 atom stereocenters. The Labute approximate surface area is 123 Å². The zero-order valence-corrected chi connectivity index (χ0v) is 12.3. The first kappa shape index (κ1) is 14.7. The molecule has 0 amide bonds. The minimum absolute atomic E-state index is 0.303.